The van der Waals surface area contributed by atoms with Crippen LogP contribution in [0.4, 0.5) is 11.6 Å². The fraction of sp³-hybridized carbons (Fsp3) is 0.667. The molecule has 1 heterocycles. The van der Waals surface area contributed by atoms with Gasteiger partial charge in [0.05, 0.1) is 26.9 Å². The first-order chi connectivity index (χ1) is 9.66. The number of anilines is 2. The molecular formula is C12H22N4O4. The van der Waals surface area contributed by atoms with Crippen LogP contribution in [0.15, 0.2) is 6.33 Å². The van der Waals surface area contributed by atoms with Gasteiger partial charge >= 0.3 is 0 Å². The zero-order valence-corrected chi connectivity index (χ0v) is 11.8. The van der Waals surface area contributed by atoms with E-state index in [0.717, 1.165) is 13.0 Å². The first kappa shape index (κ1) is 16.4. The van der Waals surface area contributed by atoms with Crippen LogP contribution in [0.5, 0.6) is 5.75 Å². The van der Waals surface area contributed by atoms with Crippen LogP contribution >= 0.6 is 0 Å². The van der Waals surface area contributed by atoms with Crippen LogP contribution < -0.4 is 15.4 Å². The maximum absolute atomic E-state index is 9.33. The molecule has 0 fully saturated rings. The average Bonchev–Trinajstić information content (AvgIpc) is 2.50. The lowest BCUT2D eigenvalue weighted by atomic mass is 10.0. The van der Waals surface area contributed by atoms with E-state index in [4.69, 9.17) is 4.74 Å². The lowest BCUT2D eigenvalue weighted by molar-refractivity contribution is 0.0829. The minimum absolute atomic E-state index is 0.290. The number of hydrogen-bond donors (Lipinski definition) is 5. The highest BCUT2D eigenvalue weighted by molar-refractivity contribution is 5.64. The van der Waals surface area contributed by atoms with Gasteiger partial charge in [0.25, 0.3) is 0 Å². The fourth-order valence-corrected chi connectivity index (χ4v) is 1.55. The third-order valence-electron chi connectivity index (χ3n) is 2.84. The largest absolute Gasteiger partial charge is 0.490 e. The summed E-state index contributed by atoms with van der Waals surface area (Å²) in [4.78, 5) is 8.11. The van der Waals surface area contributed by atoms with E-state index in [2.05, 4.69) is 20.6 Å². The lowest BCUT2D eigenvalue weighted by Gasteiger charge is -2.30. The Labute approximate surface area is 117 Å². The van der Waals surface area contributed by atoms with Crippen LogP contribution in [0.1, 0.15) is 13.3 Å². The number of ether oxygens (including phenoxy) is 1. The Hall–Kier alpha value is -1.64. The van der Waals surface area contributed by atoms with Crippen LogP contribution in [0.3, 0.4) is 0 Å². The summed E-state index contributed by atoms with van der Waals surface area (Å²) >= 11 is 0. The lowest BCUT2D eigenvalue weighted by Crippen LogP contribution is -2.49. The molecular weight excluding hydrogens is 264 g/mol. The maximum atomic E-state index is 9.33. The molecule has 0 saturated heterocycles. The molecule has 1 aromatic heterocycles. The van der Waals surface area contributed by atoms with Crippen LogP contribution in [0, 0.1) is 0 Å². The molecule has 0 amide bonds. The number of hydrogen-bond acceptors (Lipinski definition) is 8. The van der Waals surface area contributed by atoms with Crippen LogP contribution in [0.2, 0.25) is 0 Å². The van der Waals surface area contributed by atoms with E-state index >= 15 is 0 Å². The van der Waals surface area contributed by atoms with E-state index in [1.165, 1.54) is 13.4 Å². The Bertz CT molecular complexity index is 404. The van der Waals surface area contributed by atoms with E-state index in [1.54, 1.807) is 0 Å². The minimum atomic E-state index is -1.27. The summed E-state index contributed by atoms with van der Waals surface area (Å²) in [5.74, 6) is 1.16. The van der Waals surface area contributed by atoms with Crippen LogP contribution in [-0.2, 0) is 0 Å². The second kappa shape index (κ2) is 7.83. The van der Waals surface area contributed by atoms with Crippen molar-refractivity contribution in [3.63, 3.8) is 0 Å². The molecule has 0 aromatic carbocycles. The van der Waals surface area contributed by atoms with E-state index in [0.29, 0.717) is 17.4 Å². The van der Waals surface area contributed by atoms with Crippen LogP contribution in [-0.4, -0.2) is 64.3 Å². The van der Waals surface area contributed by atoms with Crippen molar-refractivity contribution in [1.29, 1.82) is 0 Å². The van der Waals surface area contributed by atoms with Crippen molar-refractivity contribution in [3.05, 3.63) is 6.33 Å². The summed E-state index contributed by atoms with van der Waals surface area (Å²) in [5, 5.41) is 33.9. The van der Waals surface area contributed by atoms with Gasteiger partial charge in [-0.15, -0.1) is 0 Å². The molecule has 20 heavy (non-hydrogen) atoms. The molecule has 8 heteroatoms. The van der Waals surface area contributed by atoms with Gasteiger partial charge in [-0.1, -0.05) is 6.92 Å². The molecule has 8 nitrogen and oxygen atoms in total. The summed E-state index contributed by atoms with van der Waals surface area (Å²) in [5.41, 5.74) is -1.27. The summed E-state index contributed by atoms with van der Waals surface area (Å²) in [6.07, 6.45) is 2.25. The van der Waals surface area contributed by atoms with Gasteiger partial charge in [-0.3, -0.25) is 0 Å². The molecule has 0 aliphatic heterocycles. The number of aliphatic hydroxyl groups is 3. The van der Waals surface area contributed by atoms with Gasteiger partial charge in [-0.25, -0.2) is 9.97 Å². The first-order valence-corrected chi connectivity index (χ1v) is 6.40. The molecule has 0 aliphatic rings. The Balaban J connectivity index is 3.05. The second-order valence-electron chi connectivity index (χ2n) is 4.41. The molecule has 1 rings (SSSR count). The van der Waals surface area contributed by atoms with Crippen molar-refractivity contribution in [2.75, 3.05) is 44.1 Å². The fourth-order valence-electron chi connectivity index (χ4n) is 1.55. The standard InChI is InChI=1S/C12H22N4O4/c1-3-4-13-10-9(20-2)11(15-8-14-10)16-12(5-17,6-18)7-19/h8,17-19H,3-7H2,1-2H3,(H2,13,14,15,16). The van der Waals surface area contributed by atoms with Crippen molar-refractivity contribution in [3.8, 4) is 5.75 Å². The van der Waals surface area contributed by atoms with Crippen molar-refractivity contribution in [2.24, 2.45) is 0 Å². The quantitative estimate of drug-likeness (QED) is 0.409. The van der Waals surface area contributed by atoms with Crippen molar-refractivity contribution in [2.45, 2.75) is 18.9 Å². The van der Waals surface area contributed by atoms with Gasteiger partial charge in [0, 0.05) is 6.54 Å². The van der Waals surface area contributed by atoms with E-state index in [9.17, 15) is 15.3 Å². The Morgan fingerprint density at radius 2 is 1.75 bits per heavy atom. The Morgan fingerprint density at radius 3 is 2.25 bits per heavy atom. The summed E-state index contributed by atoms with van der Waals surface area (Å²) in [6, 6.07) is 0. The topological polar surface area (TPSA) is 120 Å². The number of nitrogens with zero attached hydrogens (tertiary/aromatic N) is 2. The summed E-state index contributed by atoms with van der Waals surface area (Å²) in [6.45, 7) is 1.38. The van der Waals surface area contributed by atoms with Crippen molar-refractivity contribution >= 4 is 11.6 Å². The third-order valence-corrected chi connectivity index (χ3v) is 2.84. The van der Waals surface area contributed by atoms with E-state index in [1.807, 2.05) is 6.92 Å². The Morgan fingerprint density at radius 1 is 1.15 bits per heavy atom. The first-order valence-electron chi connectivity index (χ1n) is 6.40. The minimum Gasteiger partial charge on any atom is -0.490 e. The Kier molecular flexibility index (Phi) is 6.43. The van der Waals surface area contributed by atoms with Gasteiger partial charge in [-0.2, -0.15) is 0 Å². The number of rotatable bonds is 9. The summed E-state index contributed by atoms with van der Waals surface area (Å²) in [7, 11) is 1.47. The zero-order valence-electron chi connectivity index (χ0n) is 11.8. The normalized spacial score (nSPS) is 11.2. The number of aromatic nitrogens is 2. The number of aliphatic hydroxyl groups excluding tert-OH is 3. The highest BCUT2D eigenvalue weighted by atomic mass is 16.5. The summed E-state index contributed by atoms with van der Waals surface area (Å²) < 4.78 is 5.26. The van der Waals surface area contributed by atoms with E-state index < -0.39 is 25.4 Å². The monoisotopic (exact) mass is 286 g/mol. The molecule has 0 spiro atoms. The van der Waals surface area contributed by atoms with Gasteiger partial charge in [0.2, 0.25) is 5.75 Å². The highest BCUT2D eigenvalue weighted by Crippen LogP contribution is 2.30. The van der Waals surface area contributed by atoms with Gasteiger partial charge in [0.1, 0.15) is 11.9 Å². The van der Waals surface area contributed by atoms with E-state index in [-0.39, 0.29) is 0 Å². The molecule has 0 radical (unpaired) electrons. The predicted octanol–water partition coefficient (Wildman–Crippen LogP) is -0.565. The second-order valence-corrected chi connectivity index (χ2v) is 4.41. The third kappa shape index (κ3) is 3.69. The zero-order chi connectivity index (χ0) is 15.0. The molecule has 0 bridgehead atoms. The predicted molar refractivity (Wildman–Crippen MR) is 75.0 cm³/mol. The van der Waals surface area contributed by atoms with Crippen LogP contribution in [0.25, 0.3) is 0 Å². The molecule has 0 atom stereocenters. The van der Waals surface area contributed by atoms with Gasteiger partial charge < -0.3 is 30.7 Å². The average molecular weight is 286 g/mol. The van der Waals surface area contributed by atoms with Gasteiger partial charge in [-0.05, 0) is 6.42 Å². The molecule has 0 unspecified atom stereocenters. The molecule has 0 aliphatic carbocycles. The van der Waals surface area contributed by atoms with Gasteiger partial charge in [0.15, 0.2) is 11.6 Å². The molecule has 0 saturated carbocycles. The molecule has 5 N–H and O–H groups in total. The highest BCUT2D eigenvalue weighted by Gasteiger charge is 2.30. The molecule has 114 valence electrons. The number of nitrogens with one attached hydrogen (secondary N) is 2. The maximum Gasteiger partial charge on any atom is 0.204 e. The number of methoxy groups -OCH3 is 1. The smallest absolute Gasteiger partial charge is 0.204 e. The van der Waals surface area contributed by atoms with Crippen molar-refractivity contribution in [1.82, 2.24) is 9.97 Å². The SMILES string of the molecule is CCCNc1ncnc(NC(CO)(CO)CO)c1OC. The molecule has 1 aromatic rings. The van der Waals surface area contributed by atoms with Crippen molar-refractivity contribution < 1.29 is 20.1 Å².